The van der Waals surface area contributed by atoms with Crippen LogP contribution in [0, 0.1) is 13.8 Å². The van der Waals surface area contributed by atoms with E-state index in [1.165, 1.54) is 0 Å². The normalized spacial score (nSPS) is 18.9. The quantitative estimate of drug-likeness (QED) is 0.922. The van der Waals surface area contributed by atoms with Crippen LogP contribution < -0.4 is 5.32 Å². The highest BCUT2D eigenvalue weighted by Gasteiger charge is 2.16. The number of hydrogen-bond donors (Lipinski definition) is 1. The van der Waals surface area contributed by atoms with Crippen molar-refractivity contribution in [3.05, 3.63) is 29.5 Å². The number of rotatable bonds is 4. The monoisotopic (exact) mass is 288 g/mol. The first-order valence-electron chi connectivity index (χ1n) is 7.30. The highest BCUT2D eigenvalue weighted by molar-refractivity contribution is 5.63. The average molecular weight is 288 g/mol. The maximum Gasteiger partial charge on any atom is 0.143 e. The molecule has 0 radical (unpaired) electrons. The highest BCUT2D eigenvalue weighted by Crippen LogP contribution is 2.25. The second-order valence-electron chi connectivity index (χ2n) is 5.33. The van der Waals surface area contributed by atoms with E-state index < -0.39 is 0 Å². The van der Waals surface area contributed by atoms with Crippen LogP contribution in [-0.2, 0) is 11.2 Å². The lowest BCUT2D eigenvalue weighted by Gasteiger charge is -2.23. The Kier molecular flexibility index (Phi) is 4.26. The maximum absolute atomic E-state index is 5.71. The summed E-state index contributed by atoms with van der Waals surface area (Å²) in [4.78, 5) is 8.70. The first-order chi connectivity index (χ1) is 10.2. The van der Waals surface area contributed by atoms with Gasteiger partial charge in [0.1, 0.15) is 12.1 Å². The molecule has 1 aliphatic heterocycles. The van der Waals surface area contributed by atoms with Crippen LogP contribution in [0.3, 0.4) is 0 Å². The molecule has 6 heteroatoms. The Labute approximate surface area is 123 Å². The molecule has 0 amide bonds. The van der Waals surface area contributed by atoms with Crippen LogP contribution in [0.1, 0.15) is 23.6 Å². The first kappa shape index (κ1) is 14.2. The first-order valence-corrected chi connectivity index (χ1v) is 7.30. The molecule has 0 aliphatic carbocycles. The smallest absolute Gasteiger partial charge is 0.143 e. The van der Waals surface area contributed by atoms with E-state index in [4.69, 9.17) is 9.26 Å². The standard InChI is InChI=1S/C15H20N4O2/c1-10-15(11(2)21-19-10)14-7-12(17-9-18-14)3-4-13-8-16-5-6-20-13/h7,9,13,16H,3-6,8H2,1-2H3/t13-/m0/s1. The summed E-state index contributed by atoms with van der Waals surface area (Å²) in [6.45, 7) is 6.48. The van der Waals surface area contributed by atoms with Gasteiger partial charge in [0.2, 0.25) is 0 Å². The van der Waals surface area contributed by atoms with E-state index >= 15 is 0 Å². The fourth-order valence-electron chi connectivity index (χ4n) is 2.63. The summed E-state index contributed by atoms with van der Waals surface area (Å²) in [5, 5.41) is 7.32. The summed E-state index contributed by atoms with van der Waals surface area (Å²) in [6.07, 6.45) is 3.73. The van der Waals surface area contributed by atoms with Crippen molar-refractivity contribution in [1.29, 1.82) is 0 Å². The zero-order chi connectivity index (χ0) is 14.7. The Morgan fingerprint density at radius 1 is 1.33 bits per heavy atom. The number of hydrogen-bond acceptors (Lipinski definition) is 6. The molecule has 3 rings (SSSR count). The van der Waals surface area contributed by atoms with Gasteiger partial charge in [0.25, 0.3) is 0 Å². The molecule has 1 fully saturated rings. The predicted octanol–water partition coefficient (Wildman–Crippen LogP) is 1.67. The average Bonchev–Trinajstić information content (AvgIpc) is 2.85. The SMILES string of the molecule is Cc1noc(C)c1-c1cc(CC[C@H]2CNCCO2)ncn1. The Bertz CT molecular complexity index is 586. The molecule has 0 aromatic carbocycles. The van der Waals surface area contributed by atoms with Gasteiger partial charge < -0.3 is 14.6 Å². The molecular weight excluding hydrogens is 268 g/mol. The number of ether oxygens (including phenoxy) is 1. The maximum atomic E-state index is 5.71. The van der Waals surface area contributed by atoms with E-state index in [1.807, 2.05) is 19.9 Å². The largest absolute Gasteiger partial charge is 0.376 e. The summed E-state index contributed by atoms with van der Waals surface area (Å²) in [7, 11) is 0. The summed E-state index contributed by atoms with van der Waals surface area (Å²) < 4.78 is 10.9. The Morgan fingerprint density at radius 3 is 2.95 bits per heavy atom. The van der Waals surface area contributed by atoms with Crippen LogP contribution in [-0.4, -0.2) is 40.9 Å². The van der Waals surface area contributed by atoms with E-state index in [9.17, 15) is 0 Å². The number of aromatic nitrogens is 3. The molecule has 0 bridgehead atoms. The molecule has 6 nitrogen and oxygen atoms in total. The van der Waals surface area contributed by atoms with E-state index in [0.29, 0.717) is 0 Å². The fraction of sp³-hybridized carbons (Fsp3) is 0.533. The van der Waals surface area contributed by atoms with Gasteiger partial charge in [-0.2, -0.15) is 0 Å². The van der Waals surface area contributed by atoms with Crippen molar-refractivity contribution in [2.75, 3.05) is 19.7 Å². The van der Waals surface area contributed by atoms with Crippen molar-refractivity contribution >= 4 is 0 Å². The lowest BCUT2D eigenvalue weighted by atomic mass is 10.1. The van der Waals surface area contributed by atoms with Crippen LogP contribution in [0.5, 0.6) is 0 Å². The molecule has 0 spiro atoms. The predicted molar refractivity (Wildman–Crippen MR) is 77.9 cm³/mol. The van der Waals surface area contributed by atoms with E-state index in [2.05, 4.69) is 20.4 Å². The Hall–Kier alpha value is -1.79. The molecule has 0 unspecified atom stereocenters. The molecule has 21 heavy (non-hydrogen) atoms. The van der Waals surface area contributed by atoms with Gasteiger partial charge in [0.05, 0.1) is 29.7 Å². The van der Waals surface area contributed by atoms with E-state index in [0.717, 1.165) is 60.9 Å². The minimum atomic E-state index is 0.274. The molecule has 2 aromatic heterocycles. The fourth-order valence-corrected chi connectivity index (χ4v) is 2.63. The van der Waals surface area contributed by atoms with Gasteiger partial charge in [-0.3, -0.25) is 0 Å². The minimum Gasteiger partial charge on any atom is -0.376 e. The molecule has 1 N–H and O–H groups in total. The second kappa shape index (κ2) is 6.32. The van der Waals surface area contributed by atoms with Gasteiger partial charge in [-0.25, -0.2) is 9.97 Å². The third-order valence-electron chi connectivity index (χ3n) is 3.74. The Balaban J connectivity index is 1.71. The summed E-state index contributed by atoms with van der Waals surface area (Å²) in [5.74, 6) is 0.789. The zero-order valence-corrected chi connectivity index (χ0v) is 12.4. The third-order valence-corrected chi connectivity index (χ3v) is 3.74. The van der Waals surface area contributed by atoms with Crippen LogP contribution in [0.4, 0.5) is 0 Å². The zero-order valence-electron chi connectivity index (χ0n) is 12.4. The van der Waals surface area contributed by atoms with Gasteiger partial charge in [-0.1, -0.05) is 5.16 Å². The number of nitrogens with one attached hydrogen (secondary N) is 1. The molecule has 1 saturated heterocycles. The van der Waals surface area contributed by atoms with Crippen molar-refractivity contribution in [2.24, 2.45) is 0 Å². The molecule has 112 valence electrons. The number of aryl methyl sites for hydroxylation is 3. The summed E-state index contributed by atoms with van der Waals surface area (Å²) >= 11 is 0. The van der Waals surface area contributed by atoms with Crippen molar-refractivity contribution in [3.8, 4) is 11.3 Å². The van der Waals surface area contributed by atoms with Gasteiger partial charge in [0, 0.05) is 18.8 Å². The number of nitrogens with zero attached hydrogens (tertiary/aromatic N) is 3. The van der Waals surface area contributed by atoms with Crippen molar-refractivity contribution < 1.29 is 9.26 Å². The lowest BCUT2D eigenvalue weighted by molar-refractivity contribution is 0.0237. The van der Waals surface area contributed by atoms with Crippen LogP contribution >= 0.6 is 0 Å². The molecule has 1 aliphatic rings. The lowest BCUT2D eigenvalue weighted by Crippen LogP contribution is -2.38. The van der Waals surface area contributed by atoms with Gasteiger partial charge in [-0.05, 0) is 32.8 Å². The molecule has 2 aromatic rings. The molecular formula is C15H20N4O2. The molecule has 1 atom stereocenters. The van der Waals surface area contributed by atoms with Crippen LogP contribution in [0.2, 0.25) is 0 Å². The second-order valence-corrected chi connectivity index (χ2v) is 5.33. The van der Waals surface area contributed by atoms with E-state index in [-0.39, 0.29) is 6.10 Å². The minimum absolute atomic E-state index is 0.274. The number of morpholine rings is 1. The van der Waals surface area contributed by atoms with Gasteiger partial charge in [-0.15, -0.1) is 0 Å². The summed E-state index contributed by atoms with van der Waals surface area (Å²) in [5.41, 5.74) is 3.72. The van der Waals surface area contributed by atoms with Crippen LogP contribution in [0.25, 0.3) is 11.3 Å². The van der Waals surface area contributed by atoms with Crippen molar-refractivity contribution in [1.82, 2.24) is 20.4 Å². The molecule has 3 heterocycles. The summed E-state index contributed by atoms with van der Waals surface area (Å²) in [6, 6.07) is 2.02. The van der Waals surface area contributed by atoms with E-state index in [1.54, 1.807) is 6.33 Å². The topological polar surface area (TPSA) is 73.1 Å². The van der Waals surface area contributed by atoms with Gasteiger partial charge >= 0.3 is 0 Å². The highest BCUT2D eigenvalue weighted by atomic mass is 16.5. The van der Waals surface area contributed by atoms with Gasteiger partial charge in [0.15, 0.2) is 0 Å². The Morgan fingerprint density at radius 2 is 2.24 bits per heavy atom. The third kappa shape index (κ3) is 3.28. The van der Waals surface area contributed by atoms with Crippen molar-refractivity contribution in [3.63, 3.8) is 0 Å². The molecule has 0 saturated carbocycles. The van der Waals surface area contributed by atoms with Crippen LogP contribution in [0.15, 0.2) is 16.9 Å². The van der Waals surface area contributed by atoms with Crippen molar-refractivity contribution in [2.45, 2.75) is 32.8 Å².